The minimum Gasteiger partial charge on any atom is -0.355 e. The van der Waals surface area contributed by atoms with Crippen molar-refractivity contribution in [1.29, 1.82) is 0 Å². The highest BCUT2D eigenvalue weighted by molar-refractivity contribution is 7.92. The molecule has 10 heteroatoms. The molecule has 32 heavy (non-hydrogen) atoms. The number of halogens is 2. The van der Waals surface area contributed by atoms with Crippen LogP contribution in [0.15, 0.2) is 42.5 Å². The summed E-state index contributed by atoms with van der Waals surface area (Å²) >= 11 is 6.15. The van der Waals surface area contributed by atoms with Crippen LogP contribution in [0.1, 0.15) is 25.0 Å². The van der Waals surface area contributed by atoms with Crippen LogP contribution in [0.4, 0.5) is 10.1 Å². The SMILES string of the molecule is CCNC(=O)[C@@H](C)N(Cc1ccc(F)cc1)C(=O)CN(c1ccc(C)c(Cl)c1)S(C)(=O)=O. The lowest BCUT2D eigenvalue weighted by Crippen LogP contribution is -2.51. The normalized spacial score (nSPS) is 12.2. The summed E-state index contributed by atoms with van der Waals surface area (Å²) in [6, 6.07) is 9.35. The van der Waals surface area contributed by atoms with Gasteiger partial charge in [0.1, 0.15) is 18.4 Å². The van der Waals surface area contributed by atoms with Gasteiger partial charge in [-0.15, -0.1) is 0 Å². The molecule has 0 aliphatic heterocycles. The van der Waals surface area contributed by atoms with Crippen molar-refractivity contribution in [3.05, 3.63) is 64.4 Å². The summed E-state index contributed by atoms with van der Waals surface area (Å²) in [6.07, 6.45) is 0.992. The van der Waals surface area contributed by atoms with Crippen molar-refractivity contribution >= 4 is 39.1 Å². The Kier molecular flexibility index (Phi) is 8.63. The molecule has 0 aromatic heterocycles. The van der Waals surface area contributed by atoms with Gasteiger partial charge in [-0.2, -0.15) is 0 Å². The predicted octanol–water partition coefficient (Wildman–Crippen LogP) is 3.11. The molecule has 2 aromatic carbocycles. The topological polar surface area (TPSA) is 86.8 Å². The maximum absolute atomic E-state index is 13.3. The minimum absolute atomic E-state index is 0.00364. The number of carbonyl (C=O) groups is 2. The van der Waals surface area contributed by atoms with Gasteiger partial charge in [-0.05, 0) is 56.2 Å². The third kappa shape index (κ3) is 6.67. The van der Waals surface area contributed by atoms with E-state index in [1.54, 1.807) is 32.9 Å². The van der Waals surface area contributed by atoms with Crippen molar-refractivity contribution in [2.24, 2.45) is 0 Å². The number of likely N-dealkylation sites (N-methyl/N-ethyl adjacent to an activating group) is 1. The second-order valence-electron chi connectivity index (χ2n) is 7.42. The van der Waals surface area contributed by atoms with Gasteiger partial charge in [0.2, 0.25) is 21.8 Å². The third-order valence-electron chi connectivity index (χ3n) is 4.91. The van der Waals surface area contributed by atoms with E-state index in [0.29, 0.717) is 17.1 Å². The van der Waals surface area contributed by atoms with Crippen molar-refractivity contribution in [1.82, 2.24) is 10.2 Å². The number of sulfonamides is 1. The van der Waals surface area contributed by atoms with Crippen LogP contribution in [-0.2, 0) is 26.2 Å². The van der Waals surface area contributed by atoms with Gasteiger partial charge in [-0.25, -0.2) is 12.8 Å². The molecule has 174 valence electrons. The Labute approximate surface area is 193 Å². The zero-order valence-electron chi connectivity index (χ0n) is 18.4. The average molecular weight is 484 g/mol. The number of hydrogen-bond acceptors (Lipinski definition) is 4. The Morgan fingerprint density at radius 3 is 2.31 bits per heavy atom. The Morgan fingerprint density at radius 2 is 1.78 bits per heavy atom. The first-order chi connectivity index (χ1) is 14.9. The number of carbonyl (C=O) groups excluding carboxylic acids is 2. The summed E-state index contributed by atoms with van der Waals surface area (Å²) in [5.74, 6) is -1.40. The van der Waals surface area contributed by atoms with Gasteiger partial charge in [-0.1, -0.05) is 29.8 Å². The highest BCUT2D eigenvalue weighted by atomic mass is 35.5. The van der Waals surface area contributed by atoms with Crippen LogP contribution in [0.25, 0.3) is 0 Å². The van der Waals surface area contributed by atoms with Gasteiger partial charge < -0.3 is 10.2 Å². The van der Waals surface area contributed by atoms with Gasteiger partial charge in [0.25, 0.3) is 0 Å². The molecule has 0 spiro atoms. The Morgan fingerprint density at radius 1 is 1.16 bits per heavy atom. The number of hydrogen-bond donors (Lipinski definition) is 1. The molecule has 2 aromatic rings. The van der Waals surface area contributed by atoms with Crippen molar-refractivity contribution in [3.8, 4) is 0 Å². The number of benzene rings is 2. The maximum atomic E-state index is 13.3. The minimum atomic E-state index is -3.83. The molecule has 2 amide bonds. The van der Waals surface area contributed by atoms with Gasteiger partial charge in [0.15, 0.2) is 0 Å². The lowest BCUT2D eigenvalue weighted by atomic mass is 10.1. The number of aryl methyl sites for hydroxylation is 1. The molecule has 0 aliphatic rings. The monoisotopic (exact) mass is 483 g/mol. The van der Waals surface area contributed by atoms with Gasteiger partial charge in [-0.3, -0.25) is 13.9 Å². The molecular weight excluding hydrogens is 457 g/mol. The lowest BCUT2D eigenvalue weighted by molar-refractivity contribution is -0.139. The van der Waals surface area contributed by atoms with E-state index in [4.69, 9.17) is 11.6 Å². The first kappa shape index (κ1) is 25.6. The summed E-state index contributed by atoms with van der Waals surface area (Å²) in [5, 5.41) is 3.03. The zero-order chi connectivity index (χ0) is 24.1. The van der Waals surface area contributed by atoms with E-state index in [1.807, 2.05) is 0 Å². The Hall–Kier alpha value is -2.65. The quantitative estimate of drug-likeness (QED) is 0.593. The molecule has 0 saturated carbocycles. The second kappa shape index (κ2) is 10.8. The molecule has 1 atom stereocenters. The van der Waals surface area contributed by atoms with Crippen LogP contribution in [0.3, 0.4) is 0 Å². The van der Waals surface area contributed by atoms with Crippen LogP contribution >= 0.6 is 11.6 Å². The number of nitrogens with one attached hydrogen (secondary N) is 1. The van der Waals surface area contributed by atoms with E-state index >= 15 is 0 Å². The van der Waals surface area contributed by atoms with E-state index in [9.17, 15) is 22.4 Å². The molecule has 0 radical (unpaired) electrons. The number of anilines is 1. The number of rotatable bonds is 9. The predicted molar refractivity (Wildman–Crippen MR) is 123 cm³/mol. The molecule has 0 heterocycles. The van der Waals surface area contributed by atoms with E-state index in [2.05, 4.69) is 5.32 Å². The summed E-state index contributed by atoms with van der Waals surface area (Å²) in [5.41, 5.74) is 1.60. The van der Waals surface area contributed by atoms with Gasteiger partial charge in [0.05, 0.1) is 11.9 Å². The van der Waals surface area contributed by atoms with Crippen LogP contribution in [-0.4, -0.2) is 50.5 Å². The molecule has 0 saturated heterocycles. The average Bonchev–Trinajstić information content (AvgIpc) is 2.72. The molecular formula is C22H27ClFN3O4S. The fourth-order valence-corrected chi connectivity index (χ4v) is 4.06. The van der Waals surface area contributed by atoms with Crippen LogP contribution in [0.5, 0.6) is 0 Å². The van der Waals surface area contributed by atoms with Crippen LogP contribution < -0.4 is 9.62 Å². The summed E-state index contributed by atoms with van der Waals surface area (Å²) in [7, 11) is -3.83. The summed E-state index contributed by atoms with van der Waals surface area (Å²) in [6.45, 7) is 4.94. The van der Waals surface area contributed by atoms with E-state index in [0.717, 1.165) is 16.1 Å². The van der Waals surface area contributed by atoms with E-state index in [-0.39, 0.29) is 18.1 Å². The van der Waals surface area contributed by atoms with Crippen molar-refractivity contribution in [2.75, 3.05) is 23.7 Å². The highest BCUT2D eigenvalue weighted by Gasteiger charge is 2.30. The Balaban J connectivity index is 2.39. The number of amides is 2. The maximum Gasteiger partial charge on any atom is 0.244 e. The van der Waals surface area contributed by atoms with Gasteiger partial charge >= 0.3 is 0 Å². The Bertz CT molecular complexity index is 1080. The van der Waals surface area contributed by atoms with Crippen molar-refractivity contribution in [2.45, 2.75) is 33.4 Å². The molecule has 1 N–H and O–H groups in total. The molecule has 2 rings (SSSR count). The third-order valence-corrected chi connectivity index (χ3v) is 6.45. The number of nitrogens with zero attached hydrogens (tertiary/aromatic N) is 2. The van der Waals surface area contributed by atoms with Crippen molar-refractivity contribution in [3.63, 3.8) is 0 Å². The smallest absolute Gasteiger partial charge is 0.244 e. The summed E-state index contributed by atoms with van der Waals surface area (Å²) < 4.78 is 39.2. The highest BCUT2D eigenvalue weighted by Crippen LogP contribution is 2.25. The lowest BCUT2D eigenvalue weighted by Gasteiger charge is -2.31. The fraction of sp³-hybridized carbons (Fsp3) is 0.364. The molecule has 0 unspecified atom stereocenters. The molecule has 0 aliphatic carbocycles. The molecule has 0 fully saturated rings. The molecule has 7 nitrogen and oxygen atoms in total. The largest absolute Gasteiger partial charge is 0.355 e. The van der Waals surface area contributed by atoms with Crippen molar-refractivity contribution < 1.29 is 22.4 Å². The summed E-state index contributed by atoms with van der Waals surface area (Å²) in [4.78, 5) is 27.0. The first-order valence-corrected chi connectivity index (χ1v) is 12.2. The second-order valence-corrected chi connectivity index (χ2v) is 9.74. The molecule has 0 bridgehead atoms. The van der Waals surface area contributed by atoms with Gasteiger partial charge in [0, 0.05) is 18.1 Å². The fourth-order valence-electron chi connectivity index (χ4n) is 3.04. The van der Waals surface area contributed by atoms with E-state index < -0.39 is 34.3 Å². The van der Waals surface area contributed by atoms with Crippen LogP contribution in [0.2, 0.25) is 5.02 Å². The zero-order valence-corrected chi connectivity index (χ0v) is 20.0. The first-order valence-electron chi connectivity index (χ1n) is 9.99. The van der Waals surface area contributed by atoms with E-state index in [1.165, 1.54) is 35.2 Å². The van der Waals surface area contributed by atoms with Crippen LogP contribution in [0, 0.1) is 12.7 Å². The standard InChI is InChI=1S/C22H27ClFN3O4S/c1-5-25-22(29)16(3)26(13-17-7-9-18(24)10-8-17)21(28)14-27(32(4,30)31)19-11-6-15(2)20(23)12-19/h6-12,16H,5,13-14H2,1-4H3,(H,25,29)/t16-/m1/s1.